The fourth-order valence-corrected chi connectivity index (χ4v) is 1.50. The minimum absolute atomic E-state index is 0.0272. The van der Waals surface area contributed by atoms with Crippen LogP contribution in [0.5, 0.6) is 0 Å². The lowest BCUT2D eigenvalue weighted by Crippen LogP contribution is -2.10. The maximum atomic E-state index is 10.9. The molecule has 5 nitrogen and oxygen atoms in total. The number of non-ortho nitro benzene ring substituents is 1. The first-order valence-electron chi connectivity index (χ1n) is 4.56. The van der Waals surface area contributed by atoms with Crippen molar-refractivity contribution in [1.82, 2.24) is 0 Å². The zero-order chi connectivity index (χ0) is 11.7. The maximum absolute atomic E-state index is 10.9. The molecule has 1 amide bonds. The van der Waals surface area contributed by atoms with Crippen molar-refractivity contribution in [3.05, 3.63) is 52.1 Å². The van der Waals surface area contributed by atoms with Gasteiger partial charge < -0.3 is 5.73 Å². The van der Waals surface area contributed by atoms with Gasteiger partial charge in [0.1, 0.15) is 0 Å². The molecule has 0 saturated heterocycles. The smallest absolute Gasteiger partial charge is 0.270 e. The number of carbonyl (C=O) groups excluding carboxylic acids is 1. The molecule has 0 fully saturated rings. The van der Waals surface area contributed by atoms with Crippen molar-refractivity contribution in [2.24, 2.45) is 5.73 Å². The maximum Gasteiger partial charge on any atom is 0.270 e. The molecule has 0 unspecified atom stereocenters. The highest BCUT2D eigenvalue weighted by Gasteiger charge is 2.07. The van der Waals surface area contributed by atoms with Crippen molar-refractivity contribution < 1.29 is 9.72 Å². The van der Waals surface area contributed by atoms with Gasteiger partial charge in [-0.25, -0.2) is 0 Å². The molecule has 80 valence electrons. The first-order valence-corrected chi connectivity index (χ1v) is 4.56. The normalized spacial score (nSPS) is 10.2. The highest BCUT2D eigenvalue weighted by molar-refractivity contribution is 5.97. The van der Waals surface area contributed by atoms with Crippen LogP contribution < -0.4 is 5.73 Å². The third-order valence-electron chi connectivity index (χ3n) is 2.32. The largest absolute Gasteiger partial charge is 0.366 e. The van der Waals surface area contributed by atoms with Crippen LogP contribution in [-0.2, 0) is 0 Å². The van der Waals surface area contributed by atoms with Gasteiger partial charge in [-0.1, -0.05) is 6.07 Å². The fraction of sp³-hybridized carbons (Fsp3) is 0. The van der Waals surface area contributed by atoms with Gasteiger partial charge in [-0.3, -0.25) is 14.9 Å². The van der Waals surface area contributed by atoms with Crippen LogP contribution >= 0.6 is 0 Å². The predicted molar refractivity (Wildman–Crippen MR) is 59.1 cm³/mol. The number of benzene rings is 2. The zero-order valence-corrected chi connectivity index (χ0v) is 8.21. The SMILES string of the molecule is NC(=O)c1ccc2cc([N+](=O)[O-])ccc2c1. The number of nitro groups is 1. The lowest BCUT2D eigenvalue weighted by Gasteiger charge is -2.00. The van der Waals surface area contributed by atoms with Gasteiger partial charge in [0.2, 0.25) is 5.91 Å². The molecule has 2 N–H and O–H groups in total. The van der Waals surface area contributed by atoms with Crippen LogP contribution in [0.1, 0.15) is 10.4 Å². The average molecular weight is 216 g/mol. The number of hydrogen-bond donors (Lipinski definition) is 1. The summed E-state index contributed by atoms with van der Waals surface area (Å²) in [5.74, 6) is -0.514. The van der Waals surface area contributed by atoms with E-state index in [1.54, 1.807) is 24.3 Å². The Morgan fingerprint density at radius 2 is 1.75 bits per heavy atom. The van der Waals surface area contributed by atoms with Gasteiger partial charge in [-0.2, -0.15) is 0 Å². The van der Waals surface area contributed by atoms with E-state index in [1.165, 1.54) is 12.1 Å². The summed E-state index contributed by atoms with van der Waals surface area (Å²) >= 11 is 0. The van der Waals surface area contributed by atoms with Gasteiger partial charge in [-0.05, 0) is 29.0 Å². The van der Waals surface area contributed by atoms with Crippen LogP contribution in [0, 0.1) is 10.1 Å². The van der Waals surface area contributed by atoms with Crippen molar-refractivity contribution >= 4 is 22.4 Å². The minimum atomic E-state index is -0.514. The zero-order valence-electron chi connectivity index (χ0n) is 8.21. The number of carbonyl (C=O) groups is 1. The van der Waals surface area contributed by atoms with Crippen molar-refractivity contribution in [2.75, 3.05) is 0 Å². The second-order valence-electron chi connectivity index (χ2n) is 3.37. The first kappa shape index (κ1) is 10.1. The third kappa shape index (κ3) is 1.70. The topological polar surface area (TPSA) is 86.2 Å². The molecular weight excluding hydrogens is 208 g/mol. The number of nitrogens with two attached hydrogens (primary N) is 1. The fourth-order valence-electron chi connectivity index (χ4n) is 1.50. The minimum Gasteiger partial charge on any atom is -0.366 e. The van der Waals surface area contributed by atoms with E-state index in [0.29, 0.717) is 10.9 Å². The summed E-state index contributed by atoms with van der Waals surface area (Å²) in [7, 11) is 0. The molecule has 5 heteroatoms. The molecule has 0 aromatic heterocycles. The second-order valence-corrected chi connectivity index (χ2v) is 3.37. The highest BCUT2D eigenvalue weighted by Crippen LogP contribution is 2.21. The summed E-state index contributed by atoms with van der Waals surface area (Å²) in [5.41, 5.74) is 5.55. The van der Waals surface area contributed by atoms with Gasteiger partial charge in [0, 0.05) is 17.7 Å². The monoisotopic (exact) mass is 216 g/mol. The van der Waals surface area contributed by atoms with E-state index in [1.807, 2.05) is 0 Å². The first-order chi connectivity index (χ1) is 7.58. The Morgan fingerprint density at radius 1 is 1.12 bits per heavy atom. The summed E-state index contributed by atoms with van der Waals surface area (Å²) in [4.78, 5) is 21.0. The Labute approximate surface area is 90.6 Å². The van der Waals surface area contributed by atoms with Gasteiger partial charge in [0.05, 0.1) is 4.92 Å². The van der Waals surface area contributed by atoms with Crippen molar-refractivity contribution in [3.63, 3.8) is 0 Å². The summed E-state index contributed by atoms with van der Waals surface area (Å²) in [6.45, 7) is 0. The number of hydrogen-bond acceptors (Lipinski definition) is 3. The molecule has 2 aromatic rings. The molecule has 2 rings (SSSR count). The van der Waals surface area contributed by atoms with Gasteiger partial charge >= 0.3 is 0 Å². The Morgan fingerprint density at radius 3 is 2.38 bits per heavy atom. The number of nitrogens with zero attached hydrogens (tertiary/aromatic N) is 1. The van der Waals surface area contributed by atoms with Crippen LogP contribution in [-0.4, -0.2) is 10.8 Å². The molecule has 0 radical (unpaired) electrons. The van der Waals surface area contributed by atoms with Crippen molar-refractivity contribution in [2.45, 2.75) is 0 Å². The Hall–Kier alpha value is -2.43. The number of fused-ring (bicyclic) bond motifs is 1. The standard InChI is InChI=1S/C11H8N2O3/c12-11(14)9-2-1-8-6-10(13(15)16)4-3-7(8)5-9/h1-6H,(H2,12,14). The van der Waals surface area contributed by atoms with Gasteiger partial charge in [0.15, 0.2) is 0 Å². The van der Waals surface area contributed by atoms with E-state index in [9.17, 15) is 14.9 Å². The van der Waals surface area contributed by atoms with Gasteiger partial charge in [0.25, 0.3) is 5.69 Å². The van der Waals surface area contributed by atoms with Crippen LogP contribution in [0.2, 0.25) is 0 Å². The molecule has 16 heavy (non-hydrogen) atoms. The summed E-state index contributed by atoms with van der Waals surface area (Å²) in [5, 5.41) is 12.0. The Kier molecular flexibility index (Phi) is 2.28. The van der Waals surface area contributed by atoms with E-state index in [4.69, 9.17) is 5.73 Å². The molecule has 0 spiro atoms. The number of nitro benzene ring substituents is 1. The second kappa shape index (κ2) is 3.62. The van der Waals surface area contributed by atoms with E-state index in [-0.39, 0.29) is 5.69 Å². The van der Waals surface area contributed by atoms with Crippen molar-refractivity contribution in [3.8, 4) is 0 Å². The van der Waals surface area contributed by atoms with Crippen LogP contribution in [0.15, 0.2) is 36.4 Å². The third-order valence-corrected chi connectivity index (χ3v) is 2.32. The van der Waals surface area contributed by atoms with E-state index in [2.05, 4.69) is 0 Å². The van der Waals surface area contributed by atoms with Crippen molar-refractivity contribution in [1.29, 1.82) is 0 Å². The van der Waals surface area contributed by atoms with Crippen LogP contribution in [0.3, 0.4) is 0 Å². The molecule has 0 aliphatic carbocycles. The predicted octanol–water partition coefficient (Wildman–Crippen LogP) is 1.85. The molecule has 2 aromatic carbocycles. The molecule has 0 bridgehead atoms. The summed E-state index contributed by atoms with van der Waals surface area (Å²) in [6.07, 6.45) is 0. The Balaban J connectivity index is 2.61. The van der Waals surface area contributed by atoms with Crippen LogP contribution in [0.4, 0.5) is 5.69 Å². The van der Waals surface area contributed by atoms with E-state index >= 15 is 0 Å². The lowest BCUT2D eigenvalue weighted by atomic mass is 10.1. The average Bonchev–Trinajstić information content (AvgIpc) is 2.27. The quantitative estimate of drug-likeness (QED) is 0.613. The Bertz CT molecular complexity index is 540. The number of primary amides is 1. The molecular formula is C11H8N2O3. The molecule has 0 saturated carbocycles. The summed E-state index contributed by atoms with van der Waals surface area (Å²) < 4.78 is 0. The number of rotatable bonds is 2. The summed E-state index contributed by atoms with van der Waals surface area (Å²) in [6, 6.07) is 9.26. The molecule has 0 aliphatic heterocycles. The van der Waals surface area contributed by atoms with E-state index < -0.39 is 10.8 Å². The molecule has 0 heterocycles. The number of amides is 1. The van der Waals surface area contributed by atoms with Gasteiger partial charge in [-0.15, -0.1) is 0 Å². The highest BCUT2D eigenvalue weighted by atomic mass is 16.6. The van der Waals surface area contributed by atoms with E-state index in [0.717, 1.165) is 5.39 Å². The molecule has 0 atom stereocenters. The van der Waals surface area contributed by atoms with Crippen LogP contribution in [0.25, 0.3) is 10.8 Å². The molecule has 0 aliphatic rings. The lowest BCUT2D eigenvalue weighted by molar-refractivity contribution is -0.384.